The Morgan fingerprint density at radius 3 is 2.15 bits per heavy atom. The minimum atomic E-state index is -0.0123. The Balaban J connectivity index is 0.000000177. The fourth-order valence-electron chi connectivity index (χ4n) is 4.25. The van der Waals surface area contributed by atoms with Gasteiger partial charge in [-0.3, -0.25) is 9.78 Å². The number of benzene rings is 4. The van der Waals surface area contributed by atoms with Crippen LogP contribution < -0.4 is 0 Å². The number of pyridine rings is 2. The normalized spacial score (nSPS) is 10.2. The van der Waals surface area contributed by atoms with Gasteiger partial charge in [-0.15, -0.1) is 70.8 Å². The summed E-state index contributed by atoms with van der Waals surface area (Å²) in [5.41, 5.74) is 8.49. The van der Waals surface area contributed by atoms with Gasteiger partial charge in [-0.05, 0) is 22.8 Å². The first-order valence-corrected chi connectivity index (χ1v) is 12.5. The molecule has 6 rings (SSSR count). The van der Waals surface area contributed by atoms with E-state index in [1.54, 1.807) is 24.4 Å². The summed E-state index contributed by atoms with van der Waals surface area (Å²) in [5, 5.41) is 1.17. The van der Waals surface area contributed by atoms with Crippen LogP contribution in [0.2, 0.25) is 0 Å². The van der Waals surface area contributed by atoms with Crippen LogP contribution in [0.15, 0.2) is 121 Å². The third-order valence-electron chi connectivity index (χ3n) is 6.07. The topological polar surface area (TPSA) is 42.9 Å². The van der Waals surface area contributed by atoms with Crippen LogP contribution in [0.5, 0.6) is 0 Å². The van der Waals surface area contributed by atoms with E-state index in [0.29, 0.717) is 11.1 Å². The number of ketones is 1. The van der Waals surface area contributed by atoms with Crippen molar-refractivity contribution in [2.45, 2.75) is 13.8 Å². The summed E-state index contributed by atoms with van der Waals surface area (Å²) in [7, 11) is 0. The third-order valence-corrected chi connectivity index (χ3v) is 6.07. The summed E-state index contributed by atoms with van der Waals surface area (Å²) >= 11 is 0. The molecule has 0 aliphatic rings. The maximum absolute atomic E-state index is 12.2. The van der Waals surface area contributed by atoms with Crippen LogP contribution in [0.4, 0.5) is 0 Å². The van der Waals surface area contributed by atoms with E-state index in [9.17, 15) is 4.79 Å². The van der Waals surface area contributed by atoms with Crippen molar-refractivity contribution < 1.29 is 24.9 Å². The van der Waals surface area contributed by atoms with E-state index in [2.05, 4.69) is 61.3 Å². The fourth-order valence-corrected chi connectivity index (χ4v) is 4.25. The first kappa shape index (κ1) is 27.8. The Bertz CT molecular complexity index is 1660. The van der Waals surface area contributed by atoms with Gasteiger partial charge in [0, 0.05) is 37.4 Å². The van der Waals surface area contributed by atoms with E-state index in [4.69, 9.17) is 4.98 Å². The molecular formula is C35H26IrN2O-2. The fraction of sp³-hybridized carbons (Fsp3) is 0.0571. The van der Waals surface area contributed by atoms with Crippen LogP contribution in [-0.4, -0.2) is 15.8 Å². The van der Waals surface area contributed by atoms with Gasteiger partial charge in [0.2, 0.25) is 0 Å². The SMILES string of the molecule is Cc1[c-]c(-c2ccc3ccccc3n2)cc(C)c1.O=C(c1ccccc1)c1ccc(-c2[c-]cccc2)nc1.[Ir]. The minimum absolute atomic E-state index is 0. The molecule has 0 unspecified atom stereocenters. The Morgan fingerprint density at radius 2 is 1.44 bits per heavy atom. The number of carbonyl (C=O) groups excluding carboxylic acids is 1. The quantitative estimate of drug-likeness (QED) is 0.140. The molecule has 0 bridgehead atoms. The molecule has 2 heterocycles. The second-order valence-corrected chi connectivity index (χ2v) is 9.05. The largest absolute Gasteiger partial charge is 0.304 e. The number of rotatable bonds is 4. The van der Waals surface area contributed by atoms with Gasteiger partial charge in [-0.25, -0.2) is 0 Å². The summed E-state index contributed by atoms with van der Waals surface area (Å²) in [5.74, 6) is -0.0123. The Morgan fingerprint density at radius 1 is 0.692 bits per heavy atom. The molecule has 0 saturated carbocycles. The van der Waals surface area contributed by atoms with Gasteiger partial charge >= 0.3 is 0 Å². The summed E-state index contributed by atoms with van der Waals surface area (Å²) in [6, 6.07) is 43.6. The van der Waals surface area contributed by atoms with Gasteiger partial charge < -0.3 is 4.98 Å². The maximum atomic E-state index is 12.2. The summed E-state index contributed by atoms with van der Waals surface area (Å²) < 4.78 is 0. The number of fused-ring (bicyclic) bond motifs is 1. The van der Waals surface area contributed by atoms with E-state index in [1.807, 2.05) is 66.7 Å². The van der Waals surface area contributed by atoms with Crippen molar-refractivity contribution in [2.24, 2.45) is 0 Å². The van der Waals surface area contributed by atoms with Gasteiger partial charge in [0.25, 0.3) is 0 Å². The van der Waals surface area contributed by atoms with Crippen molar-refractivity contribution >= 4 is 16.7 Å². The van der Waals surface area contributed by atoms with Crippen LogP contribution in [0.1, 0.15) is 27.0 Å². The van der Waals surface area contributed by atoms with E-state index >= 15 is 0 Å². The third kappa shape index (κ3) is 7.00. The zero-order chi connectivity index (χ0) is 26.3. The molecule has 4 heteroatoms. The Labute approximate surface area is 243 Å². The van der Waals surface area contributed by atoms with Crippen molar-refractivity contribution in [3.8, 4) is 22.5 Å². The molecule has 0 atom stereocenters. The van der Waals surface area contributed by atoms with E-state index in [1.165, 1.54) is 10.9 Å². The molecule has 0 fully saturated rings. The molecule has 0 spiro atoms. The number of para-hydroxylation sites is 1. The summed E-state index contributed by atoms with van der Waals surface area (Å²) in [6.07, 6.45) is 1.62. The van der Waals surface area contributed by atoms with Crippen LogP contribution in [0.3, 0.4) is 0 Å². The molecule has 4 aromatic carbocycles. The number of aromatic nitrogens is 2. The van der Waals surface area contributed by atoms with Crippen molar-refractivity contribution in [3.05, 3.63) is 156 Å². The summed E-state index contributed by atoms with van der Waals surface area (Å²) in [4.78, 5) is 21.3. The number of carbonyl (C=O) groups is 1. The van der Waals surface area contributed by atoms with Gasteiger partial charge in [0.1, 0.15) is 0 Å². The van der Waals surface area contributed by atoms with Crippen molar-refractivity contribution in [1.29, 1.82) is 0 Å². The number of hydrogen-bond donors (Lipinski definition) is 0. The zero-order valence-electron chi connectivity index (χ0n) is 21.7. The minimum Gasteiger partial charge on any atom is -0.304 e. The average molecular weight is 683 g/mol. The van der Waals surface area contributed by atoms with Gasteiger partial charge in [0.15, 0.2) is 5.78 Å². The molecule has 2 aromatic heterocycles. The first-order valence-electron chi connectivity index (χ1n) is 12.5. The standard InChI is InChI=1S/C18H12NO.C17H14N.Ir/c20-18(15-9-5-2-6-10-15)16-11-12-17(19-13-16)14-7-3-1-4-8-14;1-12-9-13(2)11-15(10-12)17-8-7-14-5-3-4-6-16(14)18-17;/h1-7,9-13H;3-10H,1-2H3;/q2*-1;. The Kier molecular flexibility index (Phi) is 9.27. The molecule has 0 aliphatic heterocycles. The van der Waals surface area contributed by atoms with Gasteiger partial charge in [-0.1, -0.05) is 86.6 Å². The van der Waals surface area contributed by atoms with Crippen molar-refractivity contribution in [2.75, 3.05) is 0 Å². The molecule has 1 radical (unpaired) electrons. The Hall–Kier alpha value is -4.24. The van der Waals surface area contributed by atoms with Gasteiger partial charge in [-0.2, -0.15) is 0 Å². The zero-order valence-corrected chi connectivity index (χ0v) is 24.1. The molecule has 0 aliphatic carbocycles. The maximum Gasteiger partial charge on any atom is 0.194 e. The first-order chi connectivity index (χ1) is 18.6. The molecule has 0 N–H and O–H groups in total. The van der Waals surface area contributed by atoms with Gasteiger partial charge in [0.05, 0.1) is 5.52 Å². The number of aryl methyl sites for hydroxylation is 2. The van der Waals surface area contributed by atoms with Crippen LogP contribution in [0, 0.1) is 26.0 Å². The summed E-state index contributed by atoms with van der Waals surface area (Å²) in [6.45, 7) is 4.17. The average Bonchev–Trinajstić information content (AvgIpc) is 2.97. The monoisotopic (exact) mass is 683 g/mol. The molecule has 0 saturated heterocycles. The molecule has 3 nitrogen and oxygen atoms in total. The predicted molar refractivity (Wildman–Crippen MR) is 154 cm³/mol. The number of hydrogen-bond acceptors (Lipinski definition) is 3. The molecule has 0 amide bonds. The van der Waals surface area contributed by atoms with E-state index < -0.39 is 0 Å². The molecule has 193 valence electrons. The predicted octanol–water partition coefficient (Wildman–Crippen LogP) is 8.10. The van der Waals surface area contributed by atoms with E-state index in [-0.39, 0.29) is 25.9 Å². The molecule has 6 aromatic rings. The molecule has 39 heavy (non-hydrogen) atoms. The number of nitrogens with zero attached hydrogens (tertiary/aromatic N) is 2. The van der Waals surface area contributed by atoms with Crippen molar-refractivity contribution in [1.82, 2.24) is 9.97 Å². The van der Waals surface area contributed by atoms with Crippen LogP contribution >= 0.6 is 0 Å². The van der Waals surface area contributed by atoms with E-state index in [0.717, 1.165) is 33.6 Å². The smallest absolute Gasteiger partial charge is 0.194 e. The second-order valence-electron chi connectivity index (χ2n) is 9.05. The van der Waals surface area contributed by atoms with Crippen LogP contribution in [-0.2, 0) is 20.1 Å². The molecular weight excluding hydrogens is 657 g/mol. The second kappa shape index (κ2) is 13.0. The van der Waals surface area contributed by atoms with Crippen LogP contribution in [0.25, 0.3) is 33.4 Å². The van der Waals surface area contributed by atoms with Crippen molar-refractivity contribution in [3.63, 3.8) is 0 Å².